The first-order valence-corrected chi connectivity index (χ1v) is 6.45. The first-order chi connectivity index (χ1) is 9.96. The Labute approximate surface area is 122 Å². The number of nitrogens with one attached hydrogen (secondary N) is 2. The Morgan fingerprint density at radius 3 is 2.29 bits per heavy atom. The summed E-state index contributed by atoms with van der Waals surface area (Å²) in [5.41, 5.74) is -0.141. The summed E-state index contributed by atoms with van der Waals surface area (Å²) in [6.07, 6.45) is 0. The van der Waals surface area contributed by atoms with E-state index >= 15 is 0 Å². The molecular weight excluding hydrogens is 276 g/mol. The Bertz CT molecular complexity index is 492. The number of amides is 2. The zero-order valence-electron chi connectivity index (χ0n) is 11.8. The Morgan fingerprint density at radius 1 is 1.14 bits per heavy atom. The monoisotopic (exact) mass is 296 g/mol. The van der Waals surface area contributed by atoms with E-state index in [9.17, 15) is 9.59 Å². The van der Waals surface area contributed by atoms with Crippen LogP contribution >= 0.6 is 0 Å². The highest BCUT2D eigenvalue weighted by Gasteiger charge is 2.29. The molecule has 0 aromatic heterocycles. The van der Waals surface area contributed by atoms with E-state index in [0.29, 0.717) is 5.56 Å². The zero-order chi connectivity index (χ0) is 15.9. The molecule has 1 rings (SSSR count). The summed E-state index contributed by atoms with van der Waals surface area (Å²) in [6.45, 7) is -0.317. The van der Waals surface area contributed by atoms with Crippen LogP contribution in [0.4, 0.5) is 0 Å². The second kappa shape index (κ2) is 7.72. The fourth-order valence-electron chi connectivity index (χ4n) is 1.66. The highest BCUT2D eigenvalue weighted by Crippen LogP contribution is 2.04. The summed E-state index contributed by atoms with van der Waals surface area (Å²) in [6, 6.07) is 6.90. The molecule has 1 aromatic rings. The van der Waals surface area contributed by atoms with Crippen LogP contribution in [0.1, 0.15) is 15.9 Å². The van der Waals surface area contributed by atoms with Crippen molar-refractivity contribution < 1.29 is 24.9 Å². The molecule has 21 heavy (non-hydrogen) atoms. The third kappa shape index (κ3) is 4.82. The van der Waals surface area contributed by atoms with Crippen LogP contribution in [0.15, 0.2) is 24.3 Å². The highest BCUT2D eigenvalue weighted by molar-refractivity contribution is 5.96. The Hall–Kier alpha value is -1.96. The van der Waals surface area contributed by atoms with Crippen molar-refractivity contribution in [1.29, 1.82) is 0 Å². The predicted octanol–water partition coefficient (Wildman–Crippen LogP) is -1.44. The first-order valence-electron chi connectivity index (χ1n) is 6.45. The molecule has 0 aliphatic heterocycles. The lowest BCUT2D eigenvalue weighted by Crippen LogP contribution is -2.58. The molecule has 0 saturated carbocycles. The van der Waals surface area contributed by atoms with Gasteiger partial charge in [0, 0.05) is 5.56 Å². The largest absolute Gasteiger partial charge is 0.394 e. The van der Waals surface area contributed by atoms with Crippen molar-refractivity contribution in [3.63, 3.8) is 0 Å². The van der Waals surface area contributed by atoms with Gasteiger partial charge in [0.1, 0.15) is 5.54 Å². The molecule has 0 saturated heterocycles. The van der Waals surface area contributed by atoms with Crippen molar-refractivity contribution in [2.75, 3.05) is 26.4 Å². The van der Waals surface area contributed by atoms with Gasteiger partial charge in [-0.15, -0.1) is 0 Å². The van der Waals surface area contributed by atoms with Crippen molar-refractivity contribution in [2.45, 2.75) is 12.5 Å². The van der Waals surface area contributed by atoms with Gasteiger partial charge in [-0.25, -0.2) is 0 Å². The van der Waals surface area contributed by atoms with Crippen molar-refractivity contribution in [2.24, 2.45) is 0 Å². The smallest absolute Gasteiger partial charge is 0.251 e. The Morgan fingerprint density at radius 2 is 1.76 bits per heavy atom. The second-order valence-corrected chi connectivity index (χ2v) is 4.86. The van der Waals surface area contributed by atoms with Crippen LogP contribution < -0.4 is 10.6 Å². The van der Waals surface area contributed by atoms with E-state index in [1.165, 1.54) is 0 Å². The summed E-state index contributed by atoms with van der Waals surface area (Å²) >= 11 is 0. The van der Waals surface area contributed by atoms with Crippen LogP contribution in [0.3, 0.4) is 0 Å². The quantitative estimate of drug-likeness (QED) is 0.422. The lowest BCUT2D eigenvalue weighted by Gasteiger charge is -2.28. The minimum atomic E-state index is -1.49. The normalized spacial score (nSPS) is 11.0. The third-order valence-corrected chi connectivity index (χ3v) is 3.00. The number of carbonyl (C=O) groups is 2. The van der Waals surface area contributed by atoms with Crippen molar-refractivity contribution in [1.82, 2.24) is 10.6 Å². The maximum absolute atomic E-state index is 11.8. The van der Waals surface area contributed by atoms with E-state index in [2.05, 4.69) is 10.6 Å². The zero-order valence-corrected chi connectivity index (χ0v) is 11.8. The van der Waals surface area contributed by atoms with Crippen molar-refractivity contribution in [3.8, 4) is 0 Å². The average Bonchev–Trinajstić information content (AvgIpc) is 2.50. The van der Waals surface area contributed by atoms with Crippen molar-refractivity contribution in [3.05, 3.63) is 35.4 Å². The summed E-state index contributed by atoms with van der Waals surface area (Å²) in [7, 11) is 0. The van der Waals surface area contributed by atoms with E-state index in [1.54, 1.807) is 18.2 Å². The standard InChI is InChI=1S/C14H20N2O5/c1-10-3-2-4-11(5-10)13(21)15-6-12(20)16-14(7-17,8-18)9-19/h2-5,17-19H,6-9H2,1H3,(H,15,21)(H,16,20). The van der Waals surface area contributed by atoms with E-state index in [1.807, 2.05) is 13.0 Å². The SMILES string of the molecule is Cc1cccc(C(=O)NCC(=O)NC(CO)(CO)CO)c1. The number of aryl methyl sites for hydroxylation is 1. The molecule has 0 fully saturated rings. The molecule has 0 unspecified atom stereocenters. The van der Waals surface area contributed by atoms with Gasteiger partial charge in [-0.1, -0.05) is 17.7 Å². The van der Waals surface area contributed by atoms with Gasteiger partial charge in [0.2, 0.25) is 5.91 Å². The third-order valence-electron chi connectivity index (χ3n) is 3.00. The topological polar surface area (TPSA) is 119 Å². The fraction of sp³-hybridized carbons (Fsp3) is 0.429. The van der Waals surface area contributed by atoms with E-state index in [4.69, 9.17) is 15.3 Å². The molecule has 0 bridgehead atoms. The van der Waals surface area contributed by atoms with Crippen LogP contribution in [0.5, 0.6) is 0 Å². The fourth-order valence-corrected chi connectivity index (χ4v) is 1.66. The molecule has 7 heteroatoms. The Balaban J connectivity index is 2.55. The van der Waals surface area contributed by atoms with Gasteiger partial charge in [0.05, 0.1) is 26.4 Å². The maximum Gasteiger partial charge on any atom is 0.251 e. The average molecular weight is 296 g/mol. The molecule has 0 radical (unpaired) electrons. The van der Waals surface area contributed by atoms with E-state index in [-0.39, 0.29) is 6.54 Å². The van der Waals surface area contributed by atoms with Crippen LogP contribution in [0.2, 0.25) is 0 Å². The van der Waals surface area contributed by atoms with Gasteiger partial charge < -0.3 is 26.0 Å². The number of hydrogen-bond donors (Lipinski definition) is 5. The highest BCUT2D eigenvalue weighted by atomic mass is 16.3. The number of aliphatic hydroxyl groups excluding tert-OH is 3. The van der Waals surface area contributed by atoms with Gasteiger partial charge >= 0.3 is 0 Å². The molecule has 0 aliphatic rings. The van der Waals surface area contributed by atoms with Crippen LogP contribution in [-0.4, -0.2) is 59.0 Å². The molecule has 7 nitrogen and oxygen atoms in total. The number of carbonyl (C=O) groups excluding carboxylic acids is 2. The molecule has 2 amide bonds. The van der Waals surface area contributed by atoms with Crippen LogP contribution in [-0.2, 0) is 4.79 Å². The molecule has 116 valence electrons. The van der Waals surface area contributed by atoms with Gasteiger partial charge in [-0.3, -0.25) is 9.59 Å². The van der Waals surface area contributed by atoms with Gasteiger partial charge in [-0.05, 0) is 19.1 Å². The summed E-state index contributed by atoms with van der Waals surface area (Å²) in [5.74, 6) is -1.02. The van der Waals surface area contributed by atoms with Gasteiger partial charge in [0.15, 0.2) is 0 Å². The number of benzene rings is 1. The summed E-state index contributed by atoms with van der Waals surface area (Å²) in [4.78, 5) is 23.5. The second-order valence-electron chi connectivity index (χ2n) is 4.86. The van der Waals surface area contributed by atoms with Gasteiger partial charge in [-0.2, -0.15) is 0 Å². The molecule has 0 aliphatic carbocycles. The van der Waals surface area contributed by atoms with Crippen LogP contribution in [0.25, 0.3) is 0 Å². The number of aliphatic hydroxyl groups is 3. The predicted molar refractivity (Wildman–Crippen MR) is 75.6 cm³/mol. The molecular formula is C14H20N2O5. The molecule has 5 N–H and O–H groups in total. The number of rotatable bonds is 7. The molecule has 0 atom stereocenters. The number of hydrogen-bond acceptors (Lipinski definition) is 5. The van der Waals surface area contributed by atoms with E-state index in [0.717, 1.165) is 5.56 Å². The minimum absolute atomic E-state index is 0.325. The van der Waals surface area contributed by atoms with Crippen molar-refractivity contribution >= 4 is 11.8 Å². The first kappa shape index (κ1) is 17.1. The summed E-state index contributed by atoms with van der Waals surface area (Å²) in [5, 5.41) is 32.0. The lowest BCUT2D eigenvalue weighted by molar-refractivity contribution is -0.124. The lowest BCUT2D eigenvalue weighted by atomic mass is 10.0. The Kier molecular flexibility index (Phi) is 6.29. The molecule has 0 heterocycles. The minimum Gasteiger partial charge on any atom is -0.394 e. The molecule has 1 aromatic carbocycles. The van der Waals surface area contributed by atoms with Gasteiger partial charge in [0.25, 0.3) is 5.91 Å². The molecule has 0 spiro atoms. The summed E-state index contributed by atoms with van der Waals surface area (Å²) < 4.78 is 0. The maximum atomic E-state index is 11.8. The van der Waals surface area contributed by atoms with E-state index < -0.39 is 37.2 Å². The van der Waals surface area contributed by atoms with Crippen LogP contribution in [0, 0.1) is 6.92 Å².